The SMILES string of the molecule is CC(C)(C)OC(=O)C[C@@H](C(=O)ON)C(=O)OC(C)(C)C. The van der Waals surface area contributed by atoms with Crippen LogP contribution >= 0.6 is 0 Å². The van der Waals surface area contributed by atoms with Gasteiger partial charge in [-0.1, -0.05) is 0 Å². The van der Waals surface area contributed by atoms with Crippen LogP contribution in [0.3, 0.4) is 0 Å². The van der Waals surface area contributed by atoms with Crippen LogP contribution in [0.5, 0.6) is 0 Å². The van der Waals surface area contributed by atoms with Gasteiger partial charge in [0.2, 0.25) is 0 Å². The van der Waals surface area contributed by atoms with Crippen LogP contribution in [0.2, 0.25) is 0 Å². The number of ether oxygens (including phenoxy) is 2. The van der Waals surface area contributed by atoms with E-state index >= 15 is 0 Å². The van der Waals surface area contributed by atoms with E-state index in [-0.39, 0.29) is 0 Å². The van der Waals surface area contributed by atoms with E-state index in [2.05, 4.69) is 4.84 Å². The van der Waals surface area contributed by atoms with Gasteiger partial charge in [0.05, 0.1) is 6.42 Å². The van der Waals surface area contributed by atoms with Gasteiger partial charge in [0.25, 0.3) is 0 Å². The summed E-state index contributed by atoms with van der Waals surface area (Å²) in [6.07, 6.45) is -0.484. The molecule has 116 valence electrons. The van der Waals surface area contributed by atoms with Gasteiger partial charge in [-0.15, -0.1) is 0 Å². The minimum atomic E-state index is -1.44. The number of hydrogen-bond donors (Lipinski definition) is 1. The van der Waals surface area contributed by atoms with E-state index in [1.165, 1.54) is 0 Å². The molecule has 0 aromatic heterocycles. The topological polar surface area (TPSA) is 105 Å². The fourth-order valence-electron chi connectivity index (χ4n) is 1.27. The summed E-state index contributed by atoms with van der Waals surface area (Å²) in [5, 5.41) is 0. The van der Waals surface area contributed by atoms with Crippen LogP contribution < -0.4 is 5.90 Å². The van der Waals surface area contributed by atoms with E-state index in [0.29, 0.717) is 0 Å². The Bertz CT molecular complexity index is 377. The molecule has 0 saturated heterocycles. The molecule has 0 aliphatic rings. The number of carbonyl (C=O) groups is 3. The second-order valence-corrected chi connectivity index (χ2v) is 6.31. The summed E-state index contributed by atoms with van der Waals surface area (Å²) in [7, 11) is 0. The van der Waals surface area contributed by atoms with Crippen molar-refractivity contribution in [1.29, 1.82) is 0 Å². The Morgan fingerprint density at radius 3 is 1.70 bits per heavy atom. The van der Waals surface area contributed by atoms with Gasteiger partial charge in [-0.2, -0.15) is 5.90 Å². The van der Waals surface area contributed by atoms with Crippen molar-refractivity contribution in [2.24, 2.45) is 11.8 Å². The minimum Gasteiger partial charge on any atom is -0.460 e. The van der Waals surface area contributed by atoms with E-state index in [1.807, 2.05) is 0 Å². The van der Waals surface area contributed by atoms with Crippen molar-refractivity contribution in [3.8, 4) is 0 Å². The Hall–Kier alpha value is -1.63. The van der Waals surface area contributed by atoms with Gasteiger partial charge < -0.3 is 14.3 Å². The van der Waals surface area contributed by atoms with Gasteiger partial charge in [-0.25, -0.2) is 4.79 Å². The zero-order chi connectivity index (χ0) is 16.1. The zero-order valence-electron chi connectivity index (χ0n) is 12.8. The summed E-state index contributed by atoms with van der Waals surface area (Å²) in [6.45, 7) is 9.95. The van der Waals surface area contributed by atoms with Crippen molar-refractivity contribution in [3.05, 3.63) is 0 Å². The molecule has 0 rings (SSSR count). The van der Waals surface area contributed by atoms with Gasteiger partial charge >= 0.3 is 17.9 Å². The molecule has 0 aromatic carbocycles. The second-order valence-electron chi connectivity index (χ2n) is 6.31. The average molecular weight is 289 g/mol. The van der Waals surface area contributed by atoms with E-state index in [1.54, 1.807) is 41.5 Å². The number of esters is 2. The van der Waals surface area contributed by atoms with Crippen molar-refractivity contribution >= 4 is 17.9 Å². The van der Waals surface area contributed by atoms with Gasteiger partial charge in [0, 0.05) is 0 Å². The third-order valence-electron chi connectivity index (χ3n) is 1.88. The van der Waals surface area contributed by atoms with Crippen molar-refractivity contribution in [1.82, 2.24) is 0 Å². The summed E-state index contributed by atoms with van der Waals surface area (Å²) in [6, 6.07) is 0. The largest absolute Gasteiger partial charge is 0.460 e. The molecular formula is C13H23NO6. The second kappa shape index (κ2) is 6.69. The molecule has 0 saturated carbocycles. The number of rotatable bonds is 4. The van der Waals surface area contributed by atoms with Crippen LogP contribution in [0.15, 0.2) is 0 Å². The lowest BCUT2D eigenvalue weighted by Crippen LogP contribution is -2.37. The van der Waals surface area contributed by atoms with Gasteiger partial charge in [-0.3, -0.25) is 9.59 Å². The van der Waals surface area contributed by atoms with E-state index in [4.69, 9.17) is 15.4 Å². The summed E-state index contributed by atoms with van der Waals surface area (Å²) >= 11 is 0. The Labute approximate surface area is 118 Å². The van der Waals surface area contributed by atoms with Crippen molar-refractivity contribution in [3.63, 3.8) is 0 Å². The predicted molar refractivity (Wildman–Crippen MR) is 70.1 cm³/mol. The van der Waals surface area contributed by atoms with E-state index in [9.17, 15) is 14.4 Å². The normalized spacial score (nSPS) is 13.3. The van der Waals surface area contributed by atoms with Gasteiger partial charge in [0.15, 0.2) is 5.92 Å². The summed E-state index contributed by atoms with van der Waals surface area (Å²) in [5.74, 6) is 0.709. The quantitative estimate of drug-likeness (QED) is 0.469. The van der Waals surface area contributed by atoms with Crippen LogP contribution in [0, 0.1) is 5.92 Å². The standard InChI is InChI=1S/C13H23NO6/c1-12(2,3)18-9(15)7-8(11(17)20-14)10(16)19-13(4,5)6/h8H,7,14H2,1-6H3/t8-/m1/s1. The highest BCUT2D eigenvalue weighted by molar-refractivity contribution is 5.98. The summed E-state index contributed by atoms with van der Waals surface area (Å²) in [4.78, 5) is 39.1. The van der Waals surface area contributed by atoms with E-state index < -0.39 is 41.4 Å². The maximum atomic E-state index is 11.9. The van der Waals surface area contributed by atoms with Gasteiger partial charge in [-0.05, 0) is 41.5 Å². The maximum absolute atomic E-state index is 11.9. The van der Waals surface area contributed by atoms with Gasteiger partial charge in [0.1, 0.15) is 11.2 Å². The molecule has 0 fully saturated rings. The number of nitrogens with two attached hydrogens (primary N) is 1. The molecule has 7 heteroatoms. The molecule has 0 bridgehead atoms. The predicted octanol–water partition coefficient (Wildman–Crippen LogP) is 1.09. The molecule has 20 heavy (non-hydrogen) atoms. The Balaban J connectivity index is 4.87. The van der Waals surface area contributed by atoms with Crippen LogP contribution in [0.1, 0.15) is 48.0 Å². The van der Waals surface area contributed by atoms with Crippen molar-refractivity contribution in [2.45, 2.75) is 59.2 Å². The summed E-state index contributed by atoms with van der Waals surface area (Å²) < 4.78 is 10.1. The fraction of sp³-hybridized carbons (Fsp3) is 0.769. The third-order valence-corrected chi connectivity index (χ3v) is 1.88. The first-order chi connectivity index (χ1) is 8.85. The Kier molecular flexibility index (Phi) is 6.15. The lowest BCUT2D eigenvalue weighted by Gasteiger charge is -2.24. The first-order valence-electron chi connectivity index (χ1n) is 6.21. The maximum Gasteiger partial charge on any atom is 0.339 e. The van der Waals surface area contributed by atoms with Crippen LogP contribution in [0.4, 0.5) is 0 Å². The molecule has 1 atom stereocenters. The molecular weight excluding hydrogens is 266 g/mol. The third kappa shape index (κ3) is 7.73. The monoisotopic (exact) mass is 289 g/mol. The number of hydrogen-bond acceptors (Lipinski definition) is 7. The molecule has 0 heterocycles. The van der Waals surface area contributed by atoms with Crippen LogP contribution in [-0.4, -0.2) is 29.1 Å². The molecule has 0 aromatic rings. The van der Waals surface area contributed by atoms with E-state index in [0.717, 1.165) is 0 Å². The zero-order valence-corrected chi connectivity index (χ0v) is 12.8. The Morgan fingerprint density at radius 2 is 1.35 bits per heavy atom. The lowest BCUT2D eigenvalue weighted by atomic mass is 10.1. The highest BCUT2D eigenvalue weighted by Crippen LogP contribution is 2.17. The highest BCUT2D eigenvalue weighted by Gasteiger charge is 2.36. The first kappa shape index (κ1) is 18.4. The average Bonchev–Trinajstić information content (AvgIpc) is 2.19. The molecule has 0 aliphatic carbocycles. The molecule has 0 unspecified atom stereocenters. The molecule has 0 radical (unpaired) electrons. The lowest BCUT2D eigenvalue weighted by molar-refractivity contribution is -0.175. The Morgan fingerprint density at radius 1 is 0.900 bits per heavy atom. The summed E-state index contributed by atoms with van der Waals surface area (Å²) in [5.41, 5.74) is -1.51. The first-order valence-corrected chi connectivity index (χ1v) is 6.21. The molecule has 2 N–H and O–H groups in total. The molecule has 7 nitrogen and oxygen atoms in total. The smallest absolute Gasteiger partial charge is 0.339 e. The highest BCUT2D eigenvalue weighted by atomic mass is 16.7. The van der Waals surface area contributed by atoms with Crippen LogP contribution in [0.25, 0.3) is 0 Å². The molecule has 0 aliphatic heterocycles. The fourth-order valence-corrected chi connectivity index (χ4v) is 1.27. The van der Waals surface area contributed by atoms with Crippen molar-refractivity contribution < 1.29 is 28.7 Å². The minimum absolute atomic E-state index is 0.484. The van der Waals surface area contributed by atoms with Crippen molar-refractivity contribution in [2.75, 3.05) is 0 Å². The molecule has 0 spiro atoms. The number of carbonyl (C=O) groups excluding carboxylic acids is 3. The molecule has 0 amide bonds. The van der Waals surface area contributed by atoms with Crippen LogP contribution in [-0.2, 0) is 28.7 Å².